The maximum Gasteiger partial charge on any atom is 0.117 e. The van der Waals surface area contributed by atoms with Crippen molar-refractivity contribution in [2.24, 2.45) is 0 Å². The molecule has 0 aromatic carbocycles. The van der Waals surface area contributed by atoms with Gasteiger partial charge in [0.05, 0.1) is 19.1 Å². The second-order valence-electron chi connectivity index (χ2n) is 6.59. The Hall–Kier alpha value is -1.59. The summed E-state index contributed by atoms with van der Waals surface area (Å²) in [4.78, 5) is 3.97. The summed E-state index contributed by atoms with van der Waals surface area (Å²) in [7, 11) is 0. The molecule has 0 saturated carbocycles. The Morgan fingerprint density at radius 2 is 2.09 bits per heavy atom. The lowest BCUT2D eigenvalue weighted by molar-refractivity contribution is 0.412. The SMILES string of the molecule is CC(C)(C)NCCn1ccnc1.CC(C)NCc1ccco1. The molecule has 2 N–H and O–H groups in total. The molecule has 0 radical (unpaired) electrons. The van der Waals surface area contributed by atoms with Crippen LogP contribution in [0.5, 0.6) is 0 Å². The number of nitrogens with zero attached hydrogens (tertiary/aromatic N) is 2. The normalized spacial score (nSPS) is 11.4. The highest BCUT2D eigenvalue weighted by Crippen LogP contribution is 1.99. The van der Waals surface area contributed by atoms with Crippen molar-refractivity contribution in [2.75, 3.05) is 6.54 Å². The third-order valence-electron chi connectivity index (χ3n) is 2.85. The summed E-state index contributed by atoms with van der Waals surface area (Å²) in [5.41, 5.74) is 0.209. The Morgan fingerprint density at radius 1 is 1.32 bits per heavy atom. The Labute approximate surface area is 134 Å². The third kappa shape index (κ3) is 9.37. The molecule has 0 fully saturated rings. The predicted octanol–water partition coefficient (Wildman–Crippen LogP) is 3.05. The summed E-state index contributed by atoms with van der Waals surface area (Å²) in [5, 5.41) is 6.67. The van der Waals surface area contributed by atoms with Crippen LogP contribution in [0, 0.1) is 0 Å². The van der Waals surface area contributed by atoms with E-state index in [4.69, 9.17) is 4.42 Å². The maximum atomic E-state index is 5.12. The van der Waals surface area contributed by atoms with E-state index in [1.807, 2.05) is 24.7 Å². The van der Waals surface area contributed by atoms with Gasteiger partial charge >= 0.3 is 0 Å². The maximum absolute atomic E-state index is 5.12. The molecule has 2 aromatic rings. The van der Waals surface area contributed by atoms with E-state index in [0.717, 1.165) is 25.4 Å². The molecular formula is C17H30N4O. The summed E-state index contributed by atoms with van der Waals surface area (Å²) < 4.78 is 7.19. The largest absolute Gasteiger partial charge is 0.468 e. The molecular weight excluding hydrogens is 276 g/mol. The van der Waals surface area contributed by atoms with Crippen molar-refractivity contribution in [2.45, 2.75) is 59.3 Å². The highest BCUT2D eigenvalue weighted by molar-refractivity contribution is 4.97. The van der Waals surface area contributed by atoms with Crippen molar-refractivity contribution in [3.63, 3.8) is 0 Å². The highest BCUT2D eigenvalue weighted by Gasteiger charge is 2.06. The van der Waals surface area contributed by atoms with E-state index in [1.54, 1.807) is 12.5 Å². The Balaban J connectivity index is 0.000000224. The Morgan fingerprint density at radius 3 is 2.59 bits per heavy atom. The van der Waals surface area contributed by atoms with Gasteiger partial charge in [-0.2, -0.15) is 0 Å². The van der Waals surface area contributed by atoms with Crippen LogP contribution in [0.4, 0.5) is 0 Å². The van der Waals surface area contributed by atoms with E-state index in [-0.39, 0.29) is 5.54 Å². The number of nitrogens with one attached hydrogen (secondary N) is 2. The molecule has 2 aromatic heterocycles. The number of hydrogen-bond acceptors (Lipinski definition) is 4. The molecule has 0 unspecified atom stereocenters. The van der Waals surface area contributed by atoms with Crippen LogP contribution in [0.3, 0.4) is 0 Å². The molecule has 0 amide bonds. The van der Waals surface area contributed by atoms with Gasteiger partial charge in [0.15, 0.2) is 0 Å². The molecule has 2 heterocycles. The lowest BCUT2D eigenvalue weighted by atomic mass is 10.1. The van der Waals surface area contributed by atoms with Gasteiger partial charge < -0.3 is 19.6 Å². The first-order valence-electron chi connectivity index (χ1n) is 7.83. The quantitative estimate of drug-likeness (QED) is 0.861. The topological polar surface area (TPSA) is 55.0 Å². The van der Waals surface area contributed by atoms with E-state index in [9.17, 15) is 0 Å². The molecule has 0 aliphatic rings. The average Bonchev–Trinajstić information content (AvgIpc) is 3.09. The van der Waals surface area contributed by atoms with Crippen molar-refractivity contribution in [1.82, 2.24) is 20.2 Å². The van der Waals surface area contributed by atoms with Crippen molar-refractivity contribution in [3.8, 4) is 0 Å². The van der Waals surface area contributed by atoms with Crippen LogP contribution in [0.2, 0.25) is 0 Å². The lowest BCUT2D eigenvalue weighted by Crippen LogP contribution is -2.37. The van der Waals surface area contributed by atoms with Crippen LogP contribution in [-0.2, 0) is 13.1 Å². The molecule has 0 aliphatic carbocycles. The fourth-order valence-corrected chi connectivity index (χ4v) is 1.70. The van der Waals surface area contributed by atoms with Gasteiger partial charge in [-0.25, -0.2) is 4.98 Å². The van der Waals surface area contributed by atoms with Crippen molar-refractivity contribution in [3.05, 3.63) is 42.9 Å². The zero-order valence-corrected chi connectivity index (χ0v) is 14.5. The molecule has 0 saturated heterocycles. The van der Waals surface area contributed by atoms with Crippen LogP contribution in [-0.4, -0.2) is 27.7 Å². The van der Waals surface area contributed by atoms with Crippen molar-refractivity contribution >= 4 is 0 Å². The molecule has 5 heteroatoms. The summed E-state index contributed by atoms with van der Waals surface area (Å²) in [6, 6.07) is 4.39. The number of rotatable bonds is 6. The molecule has 0 atom stereocenters. The van der Waals surface area contributed by atoms with Gasteiger partial charge in [0, 0.05) is 37.1 Å². The Kier molecular flexibility index (Phi) is 7.91. The minimum Gasteiger partial charge on any atom is -0.468 e. The molecule has 0 bridgehead atoms. The monoisotopic (exact) mass is 306 g/mol. The molecule has 124 valence electrons. The minimum atomic E-state index is 0.209. The second-order valence-corrected chi connectivity index (χ2v) is 6.59. The standard InChI is InChI=1S/C9H17N3.C8H13NO/c1-9(2,3)11-5-7-12-6-4-10-8-12;1-7(2)9-6-8-4-3-5-10-8/h4,6,8,11H,5,7H2,1-3H3;3-5,7,9H,6H2,1-2H3. The first-order valence-corrected chi connectivity index (χ1v) is 7.83. The average molecular weight is 306 g/mol. The van der Waals surface area contributed by atoms with Gasteiger partial charge in [0.2, 0.25) is 0 Å². The molecule has 22 heavy (non-hydrogen) atoms. The summed E-state index contributed by atoms with van der Waals surface area (Å²) >= 11 is 0. The first-order chi connectivity index (χ1) is 10.4. The smallest absolute Gasteiger partial charge is 0.117 e. The lowest BCUT2D eigenvalue weighted by Gasteiger charge is -2.20. The molecule has 2 rings (SSSR count). The van der Waals surface area contributed by atoms with Gasteiger partial charge in [-0.15, -0.1) is 0 Å². The predicted molar refractivity (Wildman–Crippen MR) is 90.7 cm³/mol. The van der Waals surface area contributed by atoms with Crippen LogP contribution in [0.25, 0.3) is 0 Å². The van der Waals surface area contributed by atoms with Crippen LogP contribution in [0.15, 0.2) is 41.5 Å². The van der Waals surface area contributed by atoms with Gasteiger partial charge in [-0.3, -0.25) is 0 Å². The zero-order chi connectivity index (χ0) is 16.4. The van der Waals surface area contributed by atoms with Gasteiger partial charge in [-0.1, -0.05) is 13.8 Å². The number of furan rings is 1. The number of aromatic nitrogens is 2. The molecule has 0 aliphatic heterocycles. The van der Waals surface area contributed by atoms with E-state index in [1.165, 1.54) is 0 Å². The third-order valence-corrected chi connectivity index (χ3v) is 2.85. The van der Waals surface area contributed by atoms with E-state index >= 15 is 0 Å². The zero-order valence-electron chi connectivity index (χ0n) is 14.5. The second kappa shape index (κ2) is 9.43. The number of imidazole rings is 1. The van der Waals surface area contributed by atoms with Gasteiger partial charge in [-0.05, 0) is 32.9 Å². The van der Waals surface area contributed by atoms with Crippen molar-refractivity contribution < 1.29 is 4.42 Å². The Bertz CT molecular complexity index is 469. The summed E-state index contributed by atoms with van der Waals surface area (Å²) in [6.07, 6.45) is 7.31. The van der Waals surface area contributed by atoms with Crippen LogP contribution in [0.1, 0.15) is 40.4 Å². The van der Waals surface area contributed by atoms with E-state index in [2.05, 4.69) is 54.8 Å². The van der Waals surface area contributed by atoms with Crippen molar-refractivity contribution in [1.29, 1.82) is 0 Å². The van der Waals surface area contributed by atoms with E-state index in [0.29, 0.717) is 6.04 Å². The fraction of sp³-hybridized carbons (Fsp3) is 0.588. The summed E-state index contributed by atoms with van der Waals surface area (Å²) in [6.45, 7) is 13.5. The van der Waals surface area contributed by atoms with Gasteiger partial charge in [0.1, 0.15) is 5.76 Å². The highest BCUT2D eigenvalue weighted by atomic mass is 16.3. The van der Waals surface area contributed by atoms with Crippen LogP contribution < -0.4 is 10.6 Å². The number of hydrogen-bond donors (Lipinski definition) is 2. The fourth-order valence-electron chi connectivity index (χ4n) is 1.70. The van der Waals surface area contributed by atoms with Gasteiger partial charge in [0.25, 0.3) is 0 Å². The van der Waals surface area contributed by atoms with Crippen LogP contribution >= 0.6 is 0 Å². The molecule has 0 spiro atoms. The minimum absolute atomic E-state index is 0.209. The molecule has 5 nitrogen and oxygen atoms in total. The van der Waals surface area contributed by atoms with E-state index < -0.39 is 0 Å². The summed E-state index contributed by atoms with van der Waals surface area (Å²) in [5.74, 6) is 0.994. The first kappa shape index (κ1) is 18.5.